The maximum atomic E-state index is 12.9. The summed E-state index contributed by atoms with van der Waals surface area (Å²) in [6.07, 6.45) is 0.774. The van der Waals surface area contributed by atoms with E-state index >= 15 is 0 Å². The van der Waals surface area contributed by atoms with Crippen LogP contribution in [0.3, 0.4) is 0 Å². The summed E-state index contributed by atoms with van der Waals surface area (Å²) in [5, 5.41) is 10.7. The maximum absolute atomic E-state index is 12.9. The molecule has 6 heteroatoms. The largest absolute Gasteiger partial charge is 0.507 e. The number of hydrogen-bond acceptors (Lipinski definition) is 6. The molecule has 1 N–H and O–H groups in total. The lowest BCUT2D eigenvalue weighted by molar-refractivity contribution is 0.248. The molecule has 0 amide bonds. The number of hydrogen-bond donors (Lipinski definition) is 1. The van der Waals surface area contributed by atoms with Crippen LogP contribution < -0.4 is 14.9 Å². The highest BCUT2D eigenvalue weighted by molar-refractivity contribution is 5.91. The quantitative estimate of drug-likeness (QED) is 0.363. The molecule has 0 aliphatic carbocycles. The van der Waals surface area contributed by atoms with Gasteiger partial charge in [0.25, 0.3) is 0 Å². The van der Waals surface area contributed by atoms with E-state index in [1.165, 1.54) is 12.1 Å². The van der Waals surface area contributed by atoms with Gasteiger partial charge in [-0.05, 0) is 26.1 Å². The van der Waals surface area contributed by atoms with E-state index in [0.717, 1.165) is 24.1 Å². The van der Waals surface area contributed by atoms with Crippen molar-refractivity contribution in [2.75, 3.05) is 27.2 Å². The van der Waals surface area contributed by atoms with Crippen molar-refractivity contribution in [2.24, 2.45) is 0 Å². The lowest BCUT2D eigenvalue weighted by Gasteiger charge is -2.17. The molecule has 0 saturated heterocycles. The van der Waals surface area contributed by atoms with Gasteiger partial charge < -0.3 is 23.9 Å². The van der Waals surface area contributed by atoms with E-state index in [1.54, 1.807) is 0 Å². The van der Waals surface area contributed by atoms with E-state index in [9.17, 15) is 9.90 Å². The van der Waals surface area contributed by atoms with Gasteiger partial charge in [0.05, 0.1) is 6.61 Å². The van der Waals surface area contributed by atoms with Crippen molar-refractivity contribution >= 4 is 11.0 Å². The van der Waals surface area contributed by atoms with Crippen LogP contribution in [0.5, 0.6) is 17.2 Å². The van der Waals surface area contributed by atoms with Gasteiger partial charge in [-0.15, -0.1) is 0 Å². The zero-order valence-electron chi connectivity index (χ0n) is 18.8. The second-order valence-electron chi connectivity index (χ2n) is 8.05. The average molecular weight is 446 g/mol. The summed E-state index contributed by atoms with van der Waals surface area (Å²) < 4.78 is 18.2. The molecular weight excluding hydrogens is 418 g/mol. The van der Waals surface area contributed by atoms with Crippen LogP contribution in [0.25, 0.3) is 22.3 Å². The summed E-state index contributed by atoms with van der Waals surface area (Å²) in [5.41, 5.74) is 1.55. The highest BCUT2D eigenvalue weighted by atomic mass is 16.5. The van der Waals surface area contributed by atoms with Crippen molar-refractivity contribution < 1.29 is 19.0 Å². The highest BCUT2D eigenvalue weighted by Crippen LogP contribution is 2.41. The monoisotopic (exact) mass is 445 g/mol. The second-order valence-corrected chi connectivity index (χ2v) is 8.05. The van der Waals surface area contributed by atoms with E-state index in [-0.39, 0.29) is 28.8 Å². The Morgan fingerprint density at radius 2 is 1.64 bits per heavy atom. The standard InChI is InChI=1S/C27H27NO5/c1-28(2)14-9-15-31-26-24(32-18-19-10-5-3-6-11-19)17-22(30)25-21(29)16-23(33-27(25)26)20-12-7-4-8-13-20/h3-8,10-13,16-17,30H,9,14-15,18H2,1-2H3. The third-order valence-electron chi connectivity index (χ3n) is 5.19. The van der Waals surface area contributed by atoms with E-state index in [1.807, 2.05) is 74.8 Å². The zero-order valence-corrected chi connectivity index (χ0v) is 18.8. The summed E-state index contributed by atoms with van der Waals surface area (Å²) in [6, 6.07) is 21.9. The molecule has 170 valence electrons. The van der Waals surface area contributed by atoms with E-state index in [0.29, 0.717) is 23.9 Å². The van der Waals surface area contributed by atoms with Gasteiger partial charge in [0.15, 0.2) is 16.8 Å². The number of rotatable bonds is 9. The van der Waals surface area contributed by atoms with Crippen LogP contribution in [0.15, 0.2) is 82.0 Å². The van der Waals surface area contributed by atoms with Crippen LogP contribution in [0.4, 0.5) is 0 Å². The first-order chi connectivity index (χ1) is 16.0. The summed E-state index contributed by atoms with van der Waals surface area (Å²) >= 11 is 0. The molecule has 1 aromatic heterocycles. The Labute approximate surface area is 192 Å². The first kappa shape index (κ1) is 22.4. The van der Waals surface area contributed by atoms with Gasteiger partial charge in [-0.3, -0.25) is 4.79 Å². The molecule has 0 spiro atoms. The Morgan fingerprint density at radius 1 is 0.939 bits per heavy atom. The number of ether oxygens (including phenoxy) is 2. The normalized spacial score (nSPS) is 11.1. The van der Waals surface area contributed by atoms with Crippen molar-refractivity contribution in [3.8, 4) is 28.6 Å². The minimum absolute atomic E-state index is 0.0735. The number of benzene rings is 3. The fourth-order valence-corrected chi connectivity index (χ4v) is 3.55. The van der Waals surface area contributed by atoms with Crippen molar-refractivity contribution in [1.29, 1.82) is 0 Å². The smallest absolute Gasteiger partial charge is 0.205 e. The number of aromatic hydroxyl groups is 1. The first-order valence-electron chi connectivity index (χ1n) is 10.9. The minimum Gasteiger partial charge on any atom is -0.507 e. The number of nitrogens with zero attached hydrogens (tertiary/aromatic N) is 1. The Kier molecular flexibility index (Phi) is 6.95. The van der Waals surface area contributed by atoms with Gasteiger partial charge in [0.2, 0.25) is 5.75 Å². The highest BCUT2D eigenvalue weighted by Gasteiger charge is 2.21. The van der Waals surface area contributed by atoms with E-state index in [4.69, 9.17) is 13.9 Å². The van der Waals surface area contributed by atoms with E-state index in [2.05, 4.69) is 4.90 Å². The van der Waals surface area contributed by atoms with Crippen LogP contribution in [0.1, 0.15) is 12.0 Å². The molecule has 33 heavy (non-hydrogen) atoms. The summed E-state index contributed by atoms with van der Waals surface area (Å²) in [7, 11) is 3.99. The van der Waals surface area contributed by atoms with Crippen molar-refractivity contribution in [3.63, 3.8) is 0 Å². The van der Waals surface area contributed by atoms with Gasteiger partial charge >= 0.3 is 0 Å². The predicted molar refractivity (Wildman–Crippen MR) is 129 cm³/mol. The molecule has 0 saturated carbocycles. The van der Waals surface area contributed by atoms with Gasteiger partial charge in [0.1, 0.15) is 23.5 Å². The third-order valence-corrected chi connectivity index (χ3v) is 5.19. The molecule has 0 radical (unpaired) electrons. The Bertz CT molecular complexity index is 1270. The van der Waals surface area contributed by atoms with Crippen LogP contribution in [-0.4, -0.2) is 37.3 Å². The Morgan fingerprint density at radius 3 is 2.33 bits per heavy atom. The maximum Gasteiger partial charge on any atom is 0.205 e. The molecule has 0 aliphatic rings. The lowest BCUT2D eigenvalue weighted by Crippen LogP contribution is -2.16. The molecule has 6 nitrogen and oxygen atoms in total. The fourth-order valence-electron chi connectivity index (χ4n) is 3.55. The molecule has 0 unspecified atom stereocenters. The van der Waals surface area contributed by atoms with Gasteiger partial charge in [-0.25, -0.2) is 0 Å². The van der Waals surface area contributed by atoms with Gasteiger partial charge in [-0.1, -0.05) is 60.7 Å². The molecule has 0 bridgehead atoms. The molecule has 0 atom stereocenters. The third kappa shape index (κ3) is 5.35. The number of phenolic OH excluding ortho intramolecular Hbond substituents is 1. The van der Waals surface area contributed by atoms with Crippen molar-refractivity contribution in [2.45, 2.75) is 13.0 Å². The molecule has 0 aliphatic heterocycles. The lowest BCUT2D eigenvalue weighted by atomic mass is 10.1. The molecule has 3 aromatic carbocycles. The molecule has 0 fully saturated rings. The topological polar surface area (TPSA) is 72.1 Å². The first-order valence-corrected chi connectivity index (χ1v) is 10.9. The molecule has 1 heterocycles. The van der Waals surface area contributed by atoms with E-state index < -0.39 is 0 Å². The van der Waals surface area contributed by atoms with Crippen LogP contribution in [0, 0.1) is 0 Å². The number of fused-ring (bicyclic) bond motifs is 1. The van der Waals surface area contributed by atoms with Crippen molar-refractivity contribution in [3.05, 3.63) is 88.6 Å². The zero-order chi connectivity index (χ0) is 23.2. The summed E-state index contributed by atoms with van der Waals surface area (Å²) in [4.78, 5) is 15.0. The Hall–Kier alpha value is -3.77. The van der Waals surface area contributed by atoms with Gasteiger partial charge in [0, 0.05) is 24.2 Å². The van der Waals surface area contributed by atoms with Crippen molar-refractivity contribution in [1.82, 2.24) is 4.90 Å². The molecule has 4 aromatic rings. The fraction of sp³-hybridized carbons (Fsp3) is 0.222. The predicted octanol–water partition coefficient (Wildman–Crippen LogP) is 5.08. The SMILES string of the molecule is CN(C)CCCOc1c(OCc2ccccc2)cc(O)c2c(=O)cc(-c3ccccc3)oc12. The summed E-state index contributed by atoms with van der Waals surface area (Å²) in [5.74, 6) is 0.822. The average Bonchev–Trinajstić information content (AvgIpc) is 2.82. The van der Waals surface area contributed by atoms with Gasteiger partial charge in [-0.2, -0.15) is 0 Å². The molecule has 4 rings (SSSR count). The minimum atomic E-state index is -0.347. The van der Waals surface area contributed by atoms with Crippen LogP contribution in [0.2, 0.25) is 0 Å². The second kappa shape index (κ2) is 10.2. The summed E-state index contributed by atoms with van der Waals surface area (Å²) in [6.45, 7) is 1.52. The van der Waals surface area contributed by atoms with Crippen LogP contribution >= 0.6 is 0 Å². The number of phenols is 1. The Balaban J connectivity index is 1.78. The molecular formula is C27H27NO5. The van der Waals surface area contributed by atoms with Crippen LogP contribution in [-0.2, 0) is 6.61 Å².